The van der Waals surface area contributed by atoms with Gasteiger partial charge in [0.05, 0.1) is 16.2 Å². The molecule has 3 rings (SSSR count). The van der Waals surface area contributed by atoms with E-state index < -0.39 is 0 Å². The van der Waals surface area contributed by atoms with E-state index in [0.717, 1.165) is 22.4 Å². The summed E-state index contributed by atoms with van der Waals surface area (Å²) in [5, 5.41) is 3.91. The largest absolute Gasteiger partial charge is 0.354 e. The highest BCUT2D eigenvalue weighted by Crippen LogP contribution is 2.24. The van der Waals surface area contributed by atoms with Crippen molar-refractivity contribution in [3.05, 3.63) is 59.9 Å². The maximum Gasteiger partial charge on any atom is 0.112 e. The van der Waals surface area contributed by atoms with Crippen molar-refractivity contribution in [2.24, 2.45) is 0 Å². The number of pyridine rings is 2. The molecule has 4 heteroatoms. The number of hydrogen-bond donors (Lipinski definition) is 1. The number of rotatable bonds is 2. The Kier molecular flexibility index (Phi) is 2.82. The standard InChI is InChI=1S/C14H10ClN3/c15-10-8-13-14(17-9-10)12(6-7-16-13)18-11-4-2-1-3-5-11/h1-9H,(H,16,18). The first-order valence-electron chi connectivity index (χ1n) is 5.55. The molecule has 2 aromatic heterocycles. The van der Waals surface area contributed by atoms with Crippen LogP contribution in [0.15, 0.2) is 54.9 Å². The number of benzene rings is 1. The van der Waals surface area contributed by atoms with Crippen molar-refractivity contribution in [2.45, 2.75) is 0 Å². The average Bonchev–Trinajstić information content (AvgIpc) is 2.40. The molecule has 0 bridgehead atoms. The van der Waals surface area contributed by atoms with Crippen molar-refractivity contribution in [2.75, 3.05) is 5.32 Å². The van der Waals surface area contributed by atoms with Crippen LogP contribution < -0.4 is 5.32 Å². The van der Waals surface area contributed by atoms with E-state index in [1.165, 1.54) is 0 Å². The average molecular weight is 256 g/mol. The van der Waals surface area contributed by atoms with Gasteiger partial charge in [-0.15, -0.1) is 0 Å². The number of halogens is 1. The summed E-state index contributed by atoms with van der Waals surface area (Å²) in [5.41, 5.74) is 3.53. The Bertz CT molecular complexity index is 683. The maximum absolute atomic E-state index is 5.91. The van der Waals surface area contributed by atoms with Crippen LogP contribution in [-0.4, -0.2) is 9.97 Å². The fraction of sp³-hybridized carbons (Fsp3) is 0. The van der Waals surface area contributed by atoms with Gasteiger partial charge in [0, 0.05) is 18.1 Å². The van der Waals surface area contributed by atoms with Crippen LogP contribution in [0.25, 0.3) is 11.0 Å². The fourth-order valence-corrected chi connectivity index (χ4v) is 1.94. The molecule has 0 fully saturated rings. The van der Waals surface area contributed by atoms with Gasteiger partial charge in [-0.3, -0.25) is 9.97 Å². The molecule has 0 unspecified atom stereocenters. The fourth-order valence-electron chi connectivity index (χ4n) is 1.78. The second-order valence-corrected chi connectivity index (χ2v) is 4.31. The minimum absolute atomic E-state index is 0.590. The van der Waals surface area contributed by atoms with Gasteiger partial charge >= 0.3 is 0 Å². The Morgan fingerprint density at radius 3 is 2.67 bits per heavy atom. The summed E-state index contributed by atoms with van der Waals surface area (Å²) in [6.07, 6.45) is 3.37. The lowest BCUT2D eigenvalue weighted by atomic mass is 10.2. The van der Waals surface area contributed by atoms with Gasteiger partial charge in [0.2, 0.25) is 0 Å². The third kappa shape index (κ3) is 2.13. The summed E-state index contributed by atoms with van der Waals surface area (Å²) in [7, 11) is 0. The molecule has 0 spiro atoms. The number of aromatic nitrogens is 2. The van der Waals surface area contributed by atoms with Crippen molar-refractivity contribution in [3.8, 4) is 0 Å². The molecule has 3 nitrogen and oxygen atoms in total. The van der Waals surface area contributed by atoms with Crippen molar-refractivity contribution >= 4 is 34.0 Å². The van der Waals surface area contributed by atoms with Crippen LogP contribution in [0, 0.1) is 0 Å². The van der Waals surface area contributed by atoms with Crippen LogP contribution in [0.4, 0.5) is 11.4 Å². The van der Waals surface area contributed by atoms with E-state index in [-0.39, 0.29) is 0 Å². The number of nitrogens with one attached hydrogen (secondary N) is 1. The molecule has 0 aliphatic carbocycles. The summed E-state index contributed by atoms with van der Waals surface area (Å²) in [4.78, 5) is 8.58. The minimum atomic E-state index is 0.590. The SMILES string of the molecule is Clc1cnc2c(Nc3ccccc3)ccnc2c1. The highest BCUT2D eigenvalue weighted by molar-refractivity contribution is 6.31. The molecule has 18 heavy (non-hydrogen) atoms. The number of anilines is 2. The molecular formula is C14H10ClN3. The molecule has 2 heterocycles. The van der Waals surface area contributed by atoms with Crippen molar-refractivity contribution in [1.82, 2.24) is 9.97 Å². The number of hydrogen-bond acceptors (Lipinski definition) is 3. The lowest BCUT2D eigenvalue weighted by Crippen LogP contribution is -1.93. The van der Waals surface area contributed by atoms with Gasteiger partial charge in [-0.1, -0.05) is 29.8 Å². The van der Waals surface area contributed by atoms with Crippen LogP contribution in [0.3, 0.4) is 0 Å². The lowest BCUT2D eigenvalue weighted by Gasteiger charge is -2.08. The molecular weight excluding hydrogens is 246 g/mol. The van der Waals surface area contributed by atoms with Gasteiger partial charge < -0.3 is 5.32 Å². The molecule has 0 saturated carbocycles. The summed E-state index contributed by atoms with van der Waals surface area (Å²) < 4.78 is 0. The van der Waals surface area contributed by atoms with Crippen molar-refractivity contribution in [3.63, 3.8) is 0 Å². The second kappa shape index (κ2) is 4.63. The van der Waals surface area contributed by atoms with E-state index in [4.69, 9.17) is 11.6 Å². The normalized spacial score (nSPS) is 10.5. The third-order valence-electron chi connectivity index (χ3n) is 2.60. The molecule has 1 N–H and O–H groups in total. The Labute approximate surface area is 109 Å². The van der Waals surface area contributed by atoms with Crippen LogP contribution >= 0.6 is 11.6 Å². The van der Waals surface area contributed by atoms with Crippen LogP contribution in [-0.2, 0) is 0 Å². The first-order chi connectivity index (χ1) is 8.83. The van der Waals surface area contributed by atoms with E-state index >= 15 is 0 Å². The molecule has 0 amide bonds. The maximum atomic E-state index is 5.91. The zero-order chi connectivity index (χ0) is 12.4. The Morgan fingerprint density at radius 2 is 1.83 bits per heavy atom. The molecule has 0 radical (unpaired) electrons. The first kappa shape index (κ1) is 11.0. The predicted octanol–water partition coefficient (Wildman–Crippen LogP) is 4.03. The predicted molar refractivity (Wildman–Crippen MR) is 74.3 cm³/mol. The quantitative estimate of drug-likeness (QED) is 0.751. The van der Waals surface area contributed by atoms with Gasteiger partial charge in [0.1, 0.15) is 5.52 Å². The van der Waals surface area contributed by atoms with Crippen molar-refractivity contribution in [1.29, 1.82) is 0 Å². The van der Waals surface area contributed by atoms with Crippen LogP contribution in [0.1, 0.15) is 0 Å². The van der Waals surface area contributed by atoms with E-state index in [2.05, 4.69) is 15.3 Å². The molecule has 0 aliphatic rings. The summed E-state index contributed by atoms with van der Waals surface area (Å²) >= 11 is 5.91. The molecule has 1 aromatic carbocycles. The summed E-state index contributed by atoms with van der Waals surface area (Å²) in [5.74, 6) is 0. The minimum Gasteiger partial charge on any atom is -0.354 e. The first-order valence-corrected chi connectivity index (χ1v) is 5.93. The molecule has 0 saturated heterocycles. The highest BCUT2D eigenvalue weighted by Gasteiger charge is 2.04. The third-order valence-corrected chi connectivity index (χ3v) is 2.80. The zero-order valence-corrected chi connectivity index (χ0v) is 10.2. The van der Waals surface area contributed by atoms with Crippen LogP contribution in [0.2, 0.25) is 5.02 Å². The Morgan fingerprint density at radius 1 is 1.00 bits per heavy atom. The van der Waals surface area contributed by atoms with Gasteiger partial charge in [0.25, 0.3) is 0 Å². The lowest BCUT2D eigenvalue weighted by molar-refractivity contribution is 1.33. The van der Waals surface area contributed by atoms with Gasteiger partial charge in [-0.25, -0.2) is 0 Å². The number of para-hydroxylation sites is 1. The molecule has 3 aromatic rings. The van der Waals surface area contributed by atoms with Gasteiger partial charge in [-0.2, -0.15) is 0 Å². The van der Waals surface area contributed by atoms with E-state index in [1.807, 2.05) is 36.4 Å². The zero-order valence-electron chi connectivity index (χ0n) is 9.47. The topological polar surface area (TPSA) is 37.8 Å². The second-order valence-electron chi connectivity index (χ2n) is 3.87. The molecule has 88 valence electrons. The highest BCUT2D eigenvalue weighted by atomic mass is 35.5. The molecule has 0 aliphatic heterocycles. The Hall–Kier alpha value is -2.13. The van der Waals surface area contributed by atoms with E-state index in [1.54, 1.807) is 18.5 Å². The number of fused-ring (bicyclic) bond motifs is 1. The monoisotopic (exact) mass is 255 g/mol. The van der Waals surface area contributed by atoms with Crippen molar-refractivity contribution < 1.29 is 0 Å². The Balaban J connectivity index is 2.07. The van der Waals surface area contributed by atoms with Gasteiger partial charge in [0.15, 0.2) is 0 Å². The molecule has 0 atom stereocenters. The summed E-state index contributed by atoms with van der Waals surface area (Å²) in [6.45, 7) is 0. The van der Waals surface area contributed by atoms with E-state index in [9.17, 15) is 0 Å². The van der Waals surface area contributed by atoms with E-state index in [0.29, 0.717) is 5.02 Å². The number of nitrogens with zero attached hydrogens (tertiary/aromatic N) is 2. The van der Waals surface area contributed by atoms with Crippen LogP contribution in [0.5, 0.6) is 0 Å². The van der Waals surface area contributed by atoms with Gasteiger partial charge in [-0.05, 0) is 24.3 Å². The summed E-state index contributed by atoms with van der Waals surface area (Å²) in [6, 6.07) is 13.7. The smallest absolute Gasteiger partial charge is 0.112 e.